The van der Waals surface area contributed by atoms with Gasteiger partial charge in [-0.15, -0.1) is 0 Å². The fourth-order valence-corrected chi connectivity index (χ4v) is 2.22. The molecule has 0 saturated carbocycles. The second-order valence-electron chi connectivity index (χ2n) is 6.91. The van der Waals surface area contributed by atoms with E-state index >= 15 is 0 Å². The van der Waals surface area contributed by atoms with Gasteiger partial charge < -0.3 is 19.9 Å². The number of ether oxygens (including phenoxy) is 1. The Balaban J connectivity index is 2.48. The molecule has 0 atom stereocenters. The molecule has 0 aromatic carbocycles. The van der Waals surface area contributed by atoms with Crippen molar-refractivity contribution in [2.24, 2.45) is 5.92 Å². The standard InChI is InChI=1S/C19H32N4O3/c1-6-23(10-9-22(4)5)18(24)13-20-12-17-11-16(7-8-21-17)19(25)26-14-15(2)3/h7-8,11,15,20H,6,9-10,12-14H2,1-5H3. The van der Waals surface area contributed by atoms with Gasteiger partial charge in [0.1, 0.15) is 0 Å². The summed E-state index contributed by atoms with van der Waals surface area (Å²) >= 11 is 0. The molecule has 1 aromatic rings. The Morgan fingerprint density at radius 2 is 2.00 bits per heavy atom. The van der Waals surface area contributed by atoms with Gasteiger partial charge in [-0.25, -0.2) is 4.79 Å². The molecule has 0 saturated heterocycles. The molecular formula is C19H32N4O3. The van der Waals surface area contributed by atoms with Crippen molar-refractivity contribution in [3.63, 3.8) is 0 Å². The molecule has 0 aliphatic carbocycles. The summed E-state index contributed by atoms with van der Waals surface area (Å²) in [5.41, 5.74) is 1.18. The third kappa shape index (κ3) is 8.40. The third-order valence-corrected chi connectivity index (χ3v) is 3.73. The number of esters is 1. The molecule has 0 fully saturated rings. The summed E-state index contributed by atoms with van der Waals surface area (Å²) < 4.78 is 5.23. The molecule has 146 valence electrons. The highest BCUT2D eigenvalue weighted by atomic mass is 16.5. The van der Waals surface area contributed by atoms with Crippen molar-refractivity contribution in [1.82, 2.24) is 20.1 Å². The molecule has 0 aliphatic rings. The van der Waals surface area contributed by atoms with Crippen LogP contribution in [0.3, 0.4) is 0 Å². The van der Waals surface area contributed by atoms with Crippen LogP contribution in [0.25, 0.3) is 0 Å². The molecule has 0 spiro atoms. The van der Waals surface area contributed by atoms with E-state index in [2.05, 4.69) is 15.2 Å². The highest BCUT2D eigenvalue weighted by Crippen LogP contribution is 2.05. The van der Waals surface area contributed by atoms with Gasteiger partial charge in [-0.3, -0.25) is 9.78 Å². The summed E-state index contributed by atoms with van der Waals surface area (Å²) in [6.45, 7) is 9.23. The van der Waals surface area contributed by atoms with E-state index in [0.29, 0.717) is 43.4 Å². The molecule has 1 N–H and O–H groups in total. The average molecular weight is 364 g/mol. The fourth-order valence-electron chi connectivity index (χ4n) is 2.22. The van der Waals surface area contributed by atoms with Crippen LogP contribution < -0.4 is 5.32 Å². The first-order valence-electron chi connectivity index (χ1n) is 9.08. The number of amides is 1. The van der Waals surface area contributed by atoms with Crippen LogP contribution in [0.4, 0.5) is 0 Å². The van der Waals surface area contributed by atoms with E-state index in [4.69, 9.17) is 4.74 Å². The normalized spacial score (nSPS) is 11.0. The number of pyridine rings is 1. The molecule has 1 amide bonds. The van der Waals surface area contributed by atoms with Gasteiger partial charge in [-0.05, 0) is 39.1 Å². The number of nitrogens with zero attached hydrogens (tertiary/aromatic N) is 3. The zero-order chi connectivity index (χ0) is 19.5. The summed E-state index contributed by atoms with van der Waals surface area (Å²) in [5, 5.41) is 3.10. The van der Waals surface area contributed by atoms with Crippen LogP contribution >= 0.6 is 0 Å². The first-order chi connectivity index (χ1) is 12.3. The largest absolute Gasteiger partial charge is 0.462 e. The number of carbonyl (C=O) groups excluding carboxylic acids is 2. The Morgan fingerprint density at radius 1 is 1.27 bits per heavy atom. The Bertz CT molecular complexity index is 576. The van der Waals surface area contributed by atoms with Crippen molar-refractivity contribution >= 4 is 11.9 Å². The van der Waals surface area contributed by atoms with Gasteiger partial charge in [0.25, 0.3) is 0 Å². The van der Waals surface area contributed by atoms with E-state index in [1.807, 2.05) is 39.8 Å². The fraction of sp³-hybridized carbons (Fsp3) is 0.632. The maximum absolute atomic E-state index is 12.3. The Hall–Kier alpha value is -1.99. The lowest BCUT2D eigenvalue weighted by Gasteiger charge is -2.23. The van der Waals surface area contributed by atoms with Crippen LogP contribution in [0.2, 0.25) is 0 Å². The van der Waals surface area contributed by atoms with Gasteiger partial charge >= 0.3 is 5.97 Å². The number of rotatable bonds is 11. The summed E-state index contributed by atoms with van der Waals surface area (Å²) in [6, 6.07) is 3.33. The van der Waals surface area contributed by atoms with Crippen LogP contribution in [-0.4, -0.2) is 73.5 Å². The van der Waals surface area contributed by atoms with E-state index in [-0.39, 0.29) is 18.4 Å². The molecule has 7 heteroatoms. The Labute approximate surface area is 156 Å². The number of likely N-dealkylation sites (N-methyl/N-ethyl adjacent to an activating group) is 2. The Kier molecular flexibility index (Phi) is 9.83. The minimum atomic E-state index is -0.348. The molecule has 0 bridgehead atoms. The van der Waals surface area contributed by atoms with Crippen LogP contribution in [0.5, 0.6) is 0 Å². The van der Waals surface area contributed by atoms with E-state index in [1.54, 1.807) is 18.3 Å². The van der Waals surface area contributed by atoms with Crippen LogP contribution in [0.1, 0.15) is 36.8 Å². The van der Waals surface area contributed by atoms with Crippen molar-refractivity contribution in [2.75, 3.05) is 46.9 Å². The molecular weight excluding hydrogens is 332 g/mol. The quantitative estimate of drug-likeness (QED) is 0.598. The van der Waals surface area contributed by atoms with Crippen molar-refractivity contribution in [1.29, 1.82) is 0 Å². The second kappa shape index (κ2) is 11.6. The van der Waals surface area contributed by atoms with E-state index < -0.39 is 0 Å². The van der Waals surface area contributed by atoms with Crippen LogP contribution in [-0.2, 0) is 16.1 Å². The molecule has 0 aliphatic heterocycles. The third-order valence-electron chi connectivity index (χ3n) is 3.73. The predicted molar refractivity (Wildman–Crippen MR) is 102 cm³/mol. The number of hydrogen-bond acceptors (Lipinski definition) is 6. The first-order valence-corrected chi connectivity index (χ1v) is 9.08. The SMILES string of the molecule is CCN(CCN(C)C)C(=O)CNCc1cc(C(=O)OCC(C)C)ccn1. The molecule has 26 heavy (non-hydrogen) atoms. The van der Waals surface area contributed by atoms with Crippen molar-refractivity contribution in [2.45, 2.75) is 27.3 Å². The average Bonchev–Trinajstić information content (AvgIpc) is 2.60. The zero-order valence-corrected chi connectivity index (χ0v) is 16.6. The van der Waals surface area contributed by atoms with Crippen molar-refractivity contribution in [3.05, 3.63) is 29.6 Å². The molecule has 1 aromatic heterocycles. The van der Waals surface area contributed by atoms with Gasteiger partial charge in [-0.1, -0.05) is 13.8 Å². The number of hydrogen-bond donors (Lipinski definition) is 1. The summed E-state index contributed by atoms with van der Waals surface area (Å²) in [5.74, 6) is 0.00283. The van der Waals surface area contributed by atoms with Gasteiger partial charge in [0.2, 0.25) is 5.91 Å². The summed E-state index contributed by atoms with van der Waals surface area (Å²) in [6.07, 6.45) is 1.58. The van der Waals surface area contributed by atoms with E-state index in [9.17, 15) is 9.59 Å². The highest BCUT2D eigenvalue weighted by molar-refractivity contribution is 5.89. The van der Waals surface area contributed by atoms with Crippen molar-refractivity contribution < 1.29 is 14.3 Å². The number of carbonyl (C=O) groups is 2. The number of aromatic nitrogens is 1. The zero-order valence-electron chi connectivity index (χ0n) is 16.6. The van der Waals surface area contributed by atoms with Gasteiger partial charge in [-0.2, -0.15) is 0 Å². The summed E-state index contributed by atoms with van der Waals surface area (Å²) in [7, 11) is 3.97. The maximum atomic E-state index is 12.3. The molecule has 1 rings (SSSR count). The molecule has 0 unspecified atom stereocenters. The predicted octanol–water partition coefficient (Wildman–Crippen LogP) is 1.39. The lowest BCUT2D eigenvalue weighted by Crippen LogP contribution is -2.41. The van der Waals surface area contributed by atoms with Gasteiger partial charge in [0, 0.05) is 32.4 Å². The summed E-state index contributed by atoms with van der Waals surface area (Å²) in [4.78, 5) is 32.4. The lowest BCUT2D eigenvalue weighted by atomic mass is 10.2. The number of nitrogens with one attached hydrogen (secondary N) is 1. The van der Waals surface area contributed by atoms with Crippen LogP contribution in [0, 0.1) is 5.92 Å². The molecule has 7 nitrogen and oxygen atoms in total. The van der Waals surface area contributed by atoms with E-state index in [0.717, 1.165) is 6.54 Å². The Morgan fingerprint density at radius 3 is 2.62 bits per heavy atom. The topological polar surface area (TPSA) is 74.8 Å². The molecule has 1 heterocycles. The maximum Gasteiger partial charge on any atom is 0.338 e. The molecule has 0 radical (unpaired) electrons. The first kappa shape index (κ1) is 22.1. The van der Waals surface area contributed by atoms with Gasteiger partial charge in [0.05, 0.1) is 24.4 Å². The minimum absolute atomic E-state index is 0.0573. The highest BCUT2D eigenvalue weighted by Gasteiger charge is 2.12. The van der Waals surface area contributed by atoms with E-state index in [1.165, 1.54) is 0 Å². The lowest BCUT2D eigenvalue weighted by molar-refractivity contribution is -0.130. The van der Waals surface area contributed by atoms with Gasteiger partial charge in [0.15, 0.2) is 0 Å². The smallest absolute Gasteiger partial charge is 0.338 e. The monoisotopic (exact) mass is 364 g/mol. The second-order valence-corrected chi connectivity index (χ2v) is 6.91. The minimum Gasteiger partial charge on any atom is -0.462 e. The van der Waals surface area contributed by atoms with Crippen molar-refractivity contribution in [3.8, 4) is 0 Å². The van der Waals surface area contributed by atoms with Crippen LogP contribution in [0.15, 0.2) is 18.3 Å².